The van der Waals surface area contributed by atoms with Crippen molar-refractivity contribution in [3.63, 3.8) is 0 Å². The van der Waals surface area contributed by atoms with Gasteiger partial charge in [0.15, 0.2) is 0 Å². The Kier molecular flexibility index (Phi) is 8.68. The normalized spacial score (nSPS) is 13.8. The van der Waals surface area contributed by atoms with Crippen molar-refractivity contribution in [2.24, 2.45) is 0 Å². The van der Waals surface area contributed by atoms with Gasteiger partial charge in [-0.1, -0.05) is 50.1 Å². The molecule has 1 atom stereocenters. The number of benzene rings is 3. The zero-order chi connectivity index (χ0) is 29.0. The molecule has 3 aromatic rings. The summed E-state index contributed by atoms with van der Waals surface area (Å²) in [6.45, 7) is 16.7. The molecule has 0 N–H and O–H groups in total. The third-order valence-corrected chi connectivity index (χ3v) is 6.69. The number of aryl methyl sites for hydroxylation is 1. The van der Waals surface area contributed by atoms with Gasteiger partial charge in [-0.2, -0.15) is 0 Å². The minimum atomic E-state index is -0.614. The van der Waals surface area contributed by atoms with Crippen molar-refractivity contribution in [2.45, 2.75) is 39.5 Å². The van der Waals surface area contributed by atoms with E-state index in [1.807, 2.05) is 25.1 Å². The number of hydrogen-bond donors (Lipinski definition) is 0. The van der Waals surface area contributed by atoms with Gasteiger partial charge >= 0.3 is 11.9 Å². The summed E-state index contributed by atoms with van der Waals surface area (Å²) < 4.78 is 32.3. The predicted molar refractivity (Wildman–Crippen MR) is 155 cm³/mol. The maximum atomic E-state index is 15.6. The molecule has 0 radical (unpaired) electrons. The molecular weight excluding hydrogens is 507 g/mol. The third-order valence-electron chi connectivity index (χ3n) is 6.69. The van der Waals surface area contributed by atoms with Crippen molar-refractivity contribution in [1.29, 1.82) is 0 Å². The van der Waals surface area contributed by atoms with Crippen LogP contribution in [0.3, 0.4) is 0 Å². The molecule has 1 aliphatic rings. The number of halogens is 1. The molecule has 1 aliphatic carbocycles. The summed E-state index contributed by atoms with van der Waals surface area (Å²) in [5.41, 5.74) is 5.99. The summed E-state index contributed by atoms with van der Waals surface area (Å²) in [6, 6.07) is 16.0. The van der Waals surface area contributed by atoms with E-state index in [0.717, 1.165) is 29.5 Å². The lowest BCUT2D eigenvalue weighted by Crippen LogP contribution is -2.11. The number of carbonyl (C=O) groups excluding carboxylic acids is 2. The van der Waals surface area contributed by atoms with Crippen LogP contribution in [0.1, 0.15) is 44.2 Å². The van der Waals surface area contributed by atoms with Crippen molar-refractivity contribution >= 4 is 11.9 Å². The highest BCUT2D eigenvalue weighted by molar-refractivity contribution is 5.90. The van der Waals surface area contributed by atoms with Gasteiger partial charge in [-0.3, -0.25) is 0 Å². The lowest BCUT2D eigenvalue weighted by atomic mass is 9.95. The van der Waals surface area contributed by atoms with Crippen LogP contribution in [0.15, 0.2) is 91.1 Å². The van der Waals surface area contributed by atoms with Gasteiger partial charge in [0, 0.05) is 34.3 Å². The van der Waals surface area contributed by atoms with Gasteiger partial charge in [-0.25, -0.2) is 14.0 Å². The first-order valence-corrected chi connectivity index (χ1v) is 13.1. The molecule has 0 aromatic heterocycles. The van der Waals surface area contributed by atoms with Crippen LogP contribution in [0.4, 0.5) is 4.39 Å². The molecule has 0 heterocycles. The lowest BCUT2D eigenvalue weighted by Gasteiger charge is -2.15. The Hall–Kier alpha value is -4.45. The molecule has 1 unspecified atom stereocenters. The quantitative estimate of drug-likeness (QED) is 0.114. The Labute approximate surface area is 234 Å². The van der Waals surface area contributed by atoms with E-state index in [1.54, 1.807) is 38.1 Å². The third kappa shape index (κ3) is 6.57. The molecule has 0 spiro atoms. The fourth-order valence-electron chi connectivity index (χ4n) is 4.55. The molecular formula is C34H33FO5. The summed E-state index contributed by atoms with van der Waals surface area (Å²) >= 11 is 0. The number of ether oxygens (including phenoxy) is 3. The minimum absolute atomic E-state index is 0.0820. The Bertz CT molecular complexity index is 1520. The van der Waals surface area contributed by atoms with E-state index >= 15 is 4.39 Å². The molecule has 40 heavy (non-hydrogen) atoms. The second-order valence-corrected chi connectivity index (χ2v) is 10.3. The second kappa shape index (κ2) is 12.2. The van der Waals surface area contributed by atoms with Crippen LogP contribution in [-0.2, 0) is 20.7 Å². The number of carbonyl (C=O) groups is 2. The fourth-order valence-corrected chi connectivity index (χ4v) is 4.55. The van der Waals surface area contributed by atoms with Gasteiger partial charge in [0.25, 0.3) is 0 Å². The van der Waals surface area contributed by atoms with Crippen molar-refractivity contribution < 1.29 is 28.2 Å². The smallest absolute Gasteiger partial charge is 0.338 e. The highest BCUT2D eigenvalue weighted by Crippen LogP contribution is 2.39. The number of fused-ring (bicyclic) bond motifs is 1. The van der Waals surface area contributed by atoms with Crippen molar-refractivity contribution in [3.8, 4) is 33.8 Å². The molecule has 0 aliphatic heterocycles. The zero-order valence-electron chi connectivity index (χ0n) is 23.1. The second-order valence-electron chi connectivity index (χ2n) is 10.3. The van der Waals surface area contributed by atoms with Gasteiger partial charge < -0.3 is 14.2 Å². The standard InChI is InChI=1S/C34H33FO5/c1-20(2)18-38-27-12-14-29(32(17-27)40-34(37)22(5)6)28-13-11-25(16-31(28)35)24-9-7-23-8-10-26(30(23)15-24)19-39-33(36)21(3)4/h7,9,11-17,26H,1,3,5,8,10,18-19H2,2,4,6H3. The Morgan fingerprint density at radius 3 is 2.23 bits per heavy atom. The van der Waals surface area contributed by atoms with Crippen LogP contribution in [0, 0.1) is 5.82 Å². The molecule has 0 saturated heterocycles. The van der Waals surface area contributed by atoms with Crippen LogP contribution < -0.4 is 9.47 Å². The average molecular weight is 541 g/mol. The molecule has 4 rings (SSSR count). The maximum Gasteiger partial charge on any atom is 0.338 e. The van der Waals surface area contributed by atoms with E-state index in [1.165, 1.54) is 11.6 Å². The van der Waals surface area contributed by atoms with E-state index in [2.05, 4.69) is 25.8 Å². The highest BCUT2D eigenvalue weighted by atomic mass is 19.1. The summed E-state index contributed by atoms with van der Waals surface area (Å²) in [5.74, 6) is -0.756. The van der Waals surface area contributed by atoms with Crippen LogP contribution in [0.25, 0.3) is 22.3 Å². The number of hydrogen-bond acceptors (Lipinski definition) is 5. The Balaban J connectivity index is 1.63. The van der Waals surface area contributed by atoms with E-state index in [0.29, 0.717) is 29.1 Å². The Morgan fingerprint density at radius 1 is 0.875 bits per heavy atom. The average Bonchev–Trinajstić information content (AvgIpc) is 3.32. The van der Waals surface area contributed by atoms with Crippen LogP contribution >= 0.6 is 0 Å². The van der Waals surface area contributed by atoms with Crippen molar-refractivity contribution in [1.82, 2.24) is 0 Å². The summed E-state index contributed by atoms with van der Waals surface area (Å²) in [5, 5.41) is 0. The first-order chi connectivity index (χ1) is 19.0. The first-order valence-electron chi connectivity index (χ1n) is 13.1. The fraction of sp³-hybridized carbons (Fsp3) is 0.235. The number of esters is 2. The van der Waals surface area contributed by atoms with Crippen LogP contribution in [0.5, 0.6) is 11.5 Å². The van der Waals surface area contributed by atoms with E-state index < -0.39 is 17.8 Å². The van der Waals surface area contributed by atoms with Gasteiger partial charge in [0.05, 0.1) is 6.61 Å². The molecule has 3 aromatic carbocycles. The van der Waals surface area contributed by atoms with E-state index in [4.69, 9.17) is 14.2 Å². The van der Waals surface area contributed by atoms with Gasteiger partial charge in [0.1, 0.15) is 23.9 Å². The van der Waals surface area contributed by atoms with Gasteiger partial charge in [-0.15, -0.1) is 0 Å². The predicted octanol–water partition coefficient (Wildman–Crippen LogP) is 7.75. The monoisotopic (exact) mass is 540 g/mol. The molecule has 0 amide bonds. The first kappa shape index (κ1) is 28.6. The van der Waals surface area contributed by atoms with Gasteiger partial charge in [0.2, 0.25) is 0 Å². The molecule has 0 fully saturated rings. The topological polar surface area (TPSA) is 61.8 Å². The maximum absolute atomic E-state index is 15.6. The summed E-state index contributed by atoms with van der Waals surface area (Å²) in [4.78, 5) is 24.2. The van der Waals surface area contributed by atoms with E-state index in [-0.39, 0.29) is 29.4 Å². The largest absolute Gasteiger partial charge is 0.489 e. The molecule has 0 saturated carbocycles. The van der Waals surface area contributed by atoms with Gasteiger partial charge in [-0.05, 0) is 79.6 Å². The Morgan fingerprint density at radius 2 is 1.55 bits per heavy atom. The lowest BCUT2D eigenvalue weighted by molar-refractivity contribution is -0.139. The van der Waals surface area contributed by atoms with Crippen LogP contribution in [-0.4, -0.2) is 25.2 Å². The van der Waals surface area contributed by atoms with Crippen molar-refractivity contribution in [3.05, 3.63) is 108 Å². The van der Waals surface area contributed by atoms with Crippen molar-refractivity contribution in [2.75, 3.05) is 13.2 Å². The molecule has 6 heteroatoms. The minimum Gasteiger partial charge on any atom is -0.489 e. The molecule has 0 bridgehead atoms. The van der Waals surface area contributed by atoms with E-state index in [9.17, 15) is 9.59 Å². The summed E-state index contributed by atoms with van der Waals surface area (Å²) in [7, 11) is 0. The molecule has 206 valence electrons. The highest BCUT2D eigenvalue weighted by Gasteiger charge is 2.25. The van der Waals surface area contributed by atoms with Crippen LogP contribution in [0.2, 0.25) is 0 Å². The molecule has 5 nitrogen and oxygen atoms in total. The number of rotatable bonds is 10. The summed E-state index contributed by atoms with van der Waals surface area (Å²) in [6.07, 6.45) is 1.78. The zero-order valence-corrected chi connectivity index (χ0v) is 23.1. The SMILES string of the molecule is C=C(C)COc1ccc(-c2ccc(-c3ccc4c(c3)C(COC(=O)C(=C)C)CC4)cc2F)c(OC(=O)C(=C)C)c1.